The van der Waals surface area contributed by atoms with E-state index < -0.39 is 17.8 Å². The molecule has 0 aliphatic carbocycles. The normalized spacial score (nSPS) is 12.4. The van der Waals surface area contributed by atoms with Crippen molar-refractivity contribution in [2.45, 2.75) is 18.6 Å². The van der Waals surface area contributed by atoms with Crippen LogP contribution in [0.15, 0.2) is 79.1 Å². The summed E-state index contributed by atoms with van der Waals surface area (Å²) < 4.78 is 38.6. The van der Waals surface area contributed by atoms with Crippen LogP contribution >= 0.6 is 0 Å². The van der Waals surface area contributed by atoms with Crippen LogP contribution in [0.5, 0.6) is 0 Å². The van der Waals surface area contributed by atoms with E-state index in [-0.39, 0.29) is 12.3 Å². The summed E-state index contributed by atoms with van der Waals surface area (Å²) in [4.78, 5) is 16.5. The summed E-state index contributed by atoms with van der Waals surface area (Å²) in [6.45, 7) is 0. The Morgan fingerprint density at radius 3 is 2.26 bits per heavy atom. The summed E-state index contributed by atoms with van der Waals surface area (Å²) in [6.07, 6.45) is -1.32. The molecule has 3 nitrogen and oxygen atoms in total. The summed E-state index contributed by atoms with van der Waals surface area (Å²) in [5.41, 5.74) is 1.26. The van der Waals surface area contributed by atoms with Crippen LogP contribution in [0.1, 0.15) is 28.3 Å². The second kappa shape index (κ2) is 8.03. The van der Waals surface area contributed by atoms with Crippen molar-refractivity contribution in [3.63, 3.8) is 0 Å². The molecule has 0 fully saturated rings. The number of hydrogen-bond donors (Lipinski definition) is 1. The molecule has 0 aliphatic heterocycles. The molecule has 1 amide bonds. The molecule has 3 rings (SSSR count). The zero-order chi connectivity index (χ0) is 19.3. The van der Waals surface area contributed by atoms with Gasteiger partial charge in [0.05, 0.1) is 18.0 Å². The molecule has 138 valence electrons. The summed E-state index contributed by atoms with van der Waals surface area (Å²) in [6, 6.07) is 17.4. The number of rotatable bonds is 5. The first-order chi connectivity index (χ1) is 12.9. The van der Waals surface area contributed by atoms with E-state index in [1.807, 2.05) is 30.3 Å². The summed E-state index contributed by atoms with van der Waals surface area (Å²) >= 11 is 0. The fourth-order valence-electron chi connectivity index (χ4n) is 2.82. The molecule has 0 saturated carbocycles. The molecule has 3 aromatic rings. The molecule has 0 saturated heterocycles. The Labute approximate surface area is 154 Å². The molecule has 0 aliphatic rings. The minimum atomic E-state index is -4.43. The van der Waals surface area contributed by atoms with Gasteiger partial charge in [-0.15, -0.1) is 0 Å². The third kappa shape index (κ3) is 4.94. The number of hydrogen-bond acceptors (Lipinski definition) is 2. The first kappa shape index (κ1) is 18.6. The number of carbonyl (C=O) groups excluding carboxylic acids is 1. The van der Waals surface area contributed by atoms with Crippen molar-refractivity contribution < 1.29 is 18.0 Å². The molecule has 0 bridgehead atoms. The van der Waals surface area contributed by atoms with Gasteiger partial charge in [0.1, 0.15) is 0 Å². The van der Waals surface area contributed by atoms with E-state index in [1.165, 1.54) is 12.1 Å². The molecular weight excluding hydrogens is 353 g/mol. The number of amides is 1. The van der Waals surface area contributed by atoms with Crippen LogP contribution in [-0.2, 0) is 17.4 Å². The number of halogens is 3. The predicted molar refractivity (Wildman–Crippen MR) is 95.8 cm³/mol. The highest BCUT2D eigenvalue weighted by Crippen LogP contribution is 2.29. The van der Waals surface area contributed by atoms with Gasteiger partial charge in [0.25, 0.3) is 0 Å². The molecule has 1 heterocycles. The van der Waals surface area contributed by atoms with Crippen molar-refractivity contribution in [1.82, 2.24) is 10.3 Å². The second-order valence-corrected chi connectivity index (χ2v) is 6.07. The van der Waals surface area contributed by atoms with Gasteiger partial charge in [-0.3, -0.25) is 9.78 Å². The number of benzene rings is 2. The van der Waals surface area contributed by atoms with Crippen LogP contribution in [0.25, 0.3) is 0 Å². The molecule has 1 aromatic heterocycles. The van der Waals surface area contributed by atoms with Gasteiger partial charge in [-0.05, 0) is 34.9 Å². The average molecular weight is 370 g/mol. The predicted octanol–water partition coefficient (Wildman–Crippen LogP) is 4.55. The molecule has 1 unspecified atom stereocenters. The molecule has 1 N–H and O–H groups in total. The van der Waals surface area contributed by atoms with Crippen LogP contribution < -0.4 is 5.32 Å². The van der Waals surface area contributed by atoms with Crippen molar-refractivity contribution >= 4 is 5.91 Å². The number of pyridine rings is 1. The minimum absolute atomic E-state index is 0.141. The maximum absolute atomic E-state index is 12.9. The van der Waals surface area contributed by atoms with Gasteiger partial charge in [0.2, 0.25) is 5.91 Å². The first-order valence-corrected chi connectivity index (χ1v) is 8.34. The standard InChI is InChI=1S/C21H17F3N2O/c22-21(23,24)18-8-4-5-15(13-18)14-19(27)26-20(16-6-2-1-3-7-16)17-9-11-25-12-10-17/h1-13,20H,14H2,(H,26,27). The Kier molecular flexibility index (Phi) is 5.54. The van der Waals surface area contributed by atoms with E-state index >= 15 is 0 Å². The third-order valence-corrected chi connectivity index (χ3v) is 4.10. The smallest absolute Gasteiger partial charge is 0.345 e. The lowest BCUT2D eigenvalue weighted by molar-refractivity contribution is -0.137. The Morgan fingerprint density at radius 2 is 1.59 bits per heavy atom. The van der Waals surface area contributed by atoms with Gasteiger partial charge >= 0.3 is 6.18 Å². The van der Waals surface area contributed by atoms with Crippen LogP contribution in [0.3, 0.4) is 0 Å². The Bertz CT molecular complexity index is 857. The lowest BCUT2D eigenvalue weighted by atomic mass is 9.99. The van der Waals surface area contributed by atoms with Crippen LogP contribution in [-0.4, -0.2) is 10.9 Å². The highest BCUT2D eigenvalue weighted by molar-refractivity contribution is 5.79. The SMILES string of the molecule is O=C(Cc1cccc(C(F)(F)F)c1)NC(c1ccccc1)c1ccncc1. The maximum atomic E-state index is 12.9. The van der Waals surface area contributed by atoms with Gasteiger partial charge in [0, 0.05) is 12.4 Å². The Balaban J connectivity index is 1.80. The van der Waals surface area contributed by atoms with E-state index in [0.29, 0.717) is 5.56 Å². The van der Waals surface area contributed by atoms with E-state index in [9.17, 15) is 18.0 Å². The van der Waals surface area contributed by atoms with E-state index in [2.05, 4.69) is 10.3 Å². The fourth-order valence-corrected chi connectivity index (χ4v) is 2.82. The zero-order valence-corrected chi connectivity index (χ0v) is 14.3. The lowest BCUT2D eigenvalue weighted by Crippen LogP contribution is -2.30. The summed E-state index contributed by atoms with van der Waals surface area (Å²) in [5.74, 6) is -0.361. The summed E-state index contributed by atoms with van der Waals surface area (Å²) in [7, 11) is 0. The number of aromatic nitrogens is 1. The highest BCUT2D eigenvalue weighted by atomic mass is 19.4. The van der Waals surface area contributed by atoms with Crippen molar-refractivity contribution in [3.8, 4) is 0 Å². The molecule has 0 spiro atoms. The van der Waals surface area contributed by atoms with E-state index in [0.717, 1.165) is 23.3 Å². The zero-order valence-electron chi connectivity index (χ0n) is 14.3. The Morgan fingerprint density at radius 1 is 0.926 bits per heavy atom. The summed E-state index contributed by atoms with van der Waals surface area (Å²) in [5, 5.41) is 2.91. The molecule has 6 heteroatoms. The van der Waals surface area contributed by atoms with Crippen LogP contribution in [0, 0.1) is 0 Å². The van der Waals surface area contributed by atoms with E-state index in [1.54, 1.807) is 24.5 Å². The van der Waals surface area contributed by atoms with Crippen molar-refractivity contribution in [2.75, 3.05) is 0 Å². The largest absolute Gasteiger partial charge is 0.416 e. The van der Waals surface area contributed by atoms with Crippen molar-refractivity contribution in [3.05, 3.63) is 101 Å². The van der Waals surface area contributed by atoms with E-state index in [4.69, 9.17) is 0 Å². The fraction of sp³-hybridized carbons (Fsp3) is 0.143. The second-order valence-electron chi connectivity index (χ2n) is 6.07. The number of nitrogens with one attached hydrogen (secondary N) is 1. The lowest BCUT2D eigenvalue weighted by Gasteiger charge is -2.20. The molecular formula is C21H17F3N2O. The number of nitrogens with zero attached hydrogens (tertiary/aromatic N) is 1. The monoisotopic (exact) mass is 370 g/mol. The third-order valence-electron chi connectivity index (χ3n) is 4.10. The van der Waals surface area contributed by atoms with Crippen LogP contribution in [0.2, 0.25) is 0 Å². The number of alkyl halides is 3. The first-order valence-electron chi connectivity index (χ1n) is 8.34. The van der Waals surface area contributed by atoms with Crippen LogP contribution in [0.4, 0.5) is 13.2 Å². The highest BCUT2D eigenvalue weighted by Gasteiger charge is 2.30. The molecule has 2 aromatic carbocycles. The Hall–Kier alpha value is -3.15. The molecule has 1 atom stereocenters. The maximum Gasteiger partial charge on any atom is 0.416 e. The quantitative estimate of drug-likeness (QED) is 0.716. The molecule has 27 heavy (non-hydrogen) atoms. The minimum Gasteiger partial charge on any atom is -0.345 e. The van der Waals surface area contributed by atoms with Gasteiger partial charge < -0.3 is 5.32 Å². The van der Waals surface area contributed by atoms with Gasteiger partial charge in [-0.2, -0.15) is 13.2 Å². The van der Waals surface area contributed by atoms with Crippen molar-refractivity contribution in [2.24, 2.45) is 0 Å². The number of carbonyl (C=O) groups is 1. The van der Waals surface area contributed by atoms with Crippen molar-refractivity contribution in [1.29, 1.82) is 0 Å². The van der Waals surface area contributed by atoms with Gasteiger partial charge in [-0.1, -0.05) is 48.5 Å². The topological polar surface area (TPSA) is 42.0 Å². The van der Waals surface area contributed by atoms with Gasteiger partial charge in [0.15, 0.2) is 0 Å². The molecule has 0 radical (unpaired) electrons. The average Bonchev–Trinajstić information content (AvgIpc) is 2.67. The van der Waals surface area contributed by atoms with Gasteiger partial charge in [-0.25, -0.2) is 0 Å².